The maximum atomic E-state index is 5.98. The molecule has 0 amide bonds. The van der Waals surface area contributed by atoms with E-state index >= 15 is 0 Å². The molecule has 5 heteroatoms. The van der Waals surface area contributed by atoms with Gasteiger partial charge < -0.3 is 15.4 Å². The quantitative estimate of drug-likeness (QED) is 0.798. The molecule has 0 unspecified atom stereocenters. The molecular formula is C16H16N4O. The van der Waals surface area contributed by atoms with Crippen molar-refractivity contribution in [2.24, 2.45) is 0 Å². The van der Waals surface area contributed by atoms with E-state index in [9.17, 15) is 0 Å². The van der Waals surface area contributed by atoms with Crippen LogP contribution in [0.3, 0.4) is 0 Å². The molecule has 1 heterocycles. The van der Waals surface area contributed by atoms with Crippen LogP contribution in [0.5, 0.6) is 11.5 Å². The number of anilines is 2. The zero-order valence-corrected chi connectivity index (χ0v) is 11.9. The summed E-state index contributed by atoms with van der Waals surface area (Å²) in [5, 5.41) is 0.732. The average Bonchev–Trinajstić information content (AvgIpc) is 2.48. The van der Waals surface area contributed by atoms with Crippen molar-refractivity contribution in [1.82, 2.24) is 9.97 Å². The largest absolute Gasteiger partial charge is 0.456 e. The van der Waals surface area contributed by atoms with Crippen molar-refractivity contribution in [1.29, 1.82) is 0 Å². The van der Waals surface area contributed by atoms with Crippen molar-refractivity contribution in [3.05, 3.63) is 48.8 Å². The van der Waals surface area contributed by atoms with Gasteiger partial charge in [0.25, 0.3) is 0 Å². The summed E-state index contributed by atoms with van der Waals surface area (Å²) >= 11 is 0. The summed E-state index contributed by atoms with van der Waals surface area (Å²) in [5.41, 5.74) is 7.78. The third-order valence-electron chi connectivity index (χ3n) is 3.22. The van der Waals surface area contributed by atoms with Crippen molar-refractivity contribution in [3.63, 3.8) is 0 Å². The lowest BCUT2D eigenvalue weighted by molar-refractivity contribution is 0.488. The molecule has 0 saturated heterocycles. The summed E-state index contributed by atoms with van der Waals surface area (Å²) in [5.74, 6) is 1.82. The maximum absolute atomic E-state index is 5.98. The van der Waals surface area contributed by atoms with Gasteiger partial charge in [0, 0.05) is 25.8 Å². The molecule has 2 aromatic carbocycles. The van der Waals surface area contributed by atoms with Gasteiger partial charge in [0.15, 0.2) is 0 Å². The number of nitrogen functional groups attached to an aromatic ring is 1. The van der Waals surface area contributed by atoms with Crippen LogP contribution < -0.4 is 15.4 Å². The Morgan fingerprint density at radius 2 is 1.86 bits per heavy atom. The van der Waals surface area contributed by atoms with Crippen LogP contribution >= 0.6 is 0 Å². The first-order chi connectivity index (χ1) is 10.1. The highest BCUT2D eigenvalue weighted by Crippen LogP contribution is 2.32. The monoisotopic (exact) mass is 280 g/mol. The molecule has 0 atom stereocenters. The van der Waals surface area contributed by atoms with Crippen molar-refractivity contribution >= 4 is 22.4 Å². The van der Waals surface area contributed by atoms with Crippen LogP contribution in [0.4, 0.5) is 11.5 Å². The van der Waals surface area contributed by atoms with Gasteiger partial charge in [0.1, 0.15) is 23.6 Å². The second-order valence-electron chi connectivity index (χ2n) is 4.90. The molecule has 0 aliphatic heterocycles. The zero-order valence-electron chi connectivity index (χ0n) is 11.9. The van der Waals surface area contributed by atoms with E-state index in [0.717, 1.165) is 22.3 Å². The standard InChI is InChI=1S/C16H16N4O/c1-20(2)11-5-3-6-12(9-11)21-14-8-4-7-13-15(14)16(17)19-10-18-13/h3-10H,1-2H3,(H2,17,18,19). The van der Waals surface area contributed by atoms with Crippen molar-refractivity contribution in [2.45, 2.75) is 0 Å². The minimum Gasteiger partial charge on any atom is -0.456 e. The van der Waals surface area contributed by atoms with Crippen LogP contribution in [0.2, 0.25) is 0 Å². The van der Waals surface area contributed by atoms with E-state index < -0.39 is 0 Å². The van der Waals surface area contributed by atoms with Gasteiger partial charge in [0.2, 0.25) is 0 Å². The van der Waals surface area contributed by atoms with Gasteiger partial charge >= 0.3 is 0 Å². The van der Waals surface area contributed by atoms with E-state index in [4.69, 9.17) is 10.5 Å². The first-order valence-corrected chi connectivity index (χ1v) is 6.59. The SMILES string of the molecule is CN(C)c1cccc(Oc2cccc3ncnc(N)c23)c1. The lowest BCUT2D eigenvalue weighted by Crippen LogP contribution is -2.08. The Kier molecular flexibility index (Phi) is 3.31. The fraction of sp³-hybridized carbons (Fsp3) is 0.125. The second kappa shape index (κ2) is 5.28. The van der Waals surface area contributed by atoms with Gasteiger partial charge in [-0.3, -0.25) is 0 Å². The summed E-state index contributed by atoms with van der Waals surface area (Å²) in [6.45, 7) is 0. The van der Waals surface area contributed by atoms with E-state index in [-0.39, 0.29) is 0 Å². The molecule has 2 N–H and O–H groups in total. The number of rotatable bonds is 3. The molecule has 3 rings (SSSR count). The summed E-state index contributed by atoms with van der Waals surface area (Å²) in [7, 11) is 3.98. The van der Waals surface area contributed by atoms with Crippen molar-refractivity contribution in [3.8, 4) is 11.5 Å². The molecule has 0 fully saturated rings. The normalized spacial score (nSPS) is 10.6. The lowest BCUT2D eigenvalue weighted by atomic mass is 10.2. The number of fused-ring (bicyclic) bond motifs is 1. The molecule has 5 nitrogen and oxygen atoms in total. The number of nitrogens with two attached hydrogens (primary N) is 1. The lowest BCUT2D eigenvalue weighted by Gasteiger charge is -2.14. The van der Waals surface area contributed by atoms with Crippen LogP contribution in [-0.2, 0) is 0 Å². The van der Waals surface area contributed by atoms with E-state index in [1.165, 1.54) is 6.33 Å². The van der Waals surface area contributed by atoms with Crippen molar-refractivity contribution < 1.29 is 4.74 Å². The minimum absolute atomic E-state index is 0.416. The van der Waals surface area contributed by atoms with E-state index in [1.807, 2.05) is 61.5 Å². The van der Waals surface area contributed by atoms with Crippen LogP contribution in [-0.4, -0.2) is 24.1 Å². The van der Waals surface area contributed by atoms with Gasteiger partial charge in [-0.1, -0.05) is 12.1 Å². The maximum Gasteiger partial charge on any atom is 0.140 e. The molecular weight excluding hydrogens is 264 g/mol. The smallest absolute Gasteiger partial charge is 0.140 e. The van der Waals surface area contributed by atoms with Crippen LogP contribution in [0.1, 0.15) is 0 Å². The number of benzene rings is 2. The molecule has 0 radical (unpaired) electrons. The summed E-state index contributed by atoms with van der Waals surface area (Å²) < 4.78 is 5.98. The van der Waals surface area contributed by atoms with E-state index in [1.54, 1.807) is 0 Å². The first kappa shape index (κ1) is 13.2. The Morgan fingerprint density at radius 1 is 1.05 bits per heavy atom. The number of nitrogens with zero attached hydrogens (tertiary/aromatic N) is 3. The van der Waals surface area contributed by atoms with Gasteiger partial charge in [-0.15, -0.1) is 0 Å². The average molecular weight is 280 g/mol. The van der Waals surface area contributed by atoms with E-state index in [0.29, 0.717) is 11.6 Å². The Hall–Kier alpha value is -2.82. The number of ether oxygens (including phenoxy) is 1. The molecule has 0 spiro atoms. The highest BCUT2D eigenvalue weighted by Gasteiger charge is 2.09. The minimum atomic E-state index is 0.416. The summed E-state index contributed by atoms with van der Waals surface area (Å²) in [6.07, 6.45) is 1.45. The zero-order chi connectivity index (χ0) is 14.8. The third-order valence-corrected chi connectivity index (χ3v) is 3.22. The Balaban J connectivity index is 2.04. The van der Waals surface area contributed by atoms with Crippen LogP contribution in [0.25, 0.3) is 10.9 Å². The molecule has 0 bridgehead atoms. The van der Waals surface area contributed by atoms with E-state index in [2.05, 4.69) is 9.97 Å². The number of hydrogen-bond acceptors (Lipinski definition) is 5. The van der Waals surface area contributed by atoms with Crippen LogP contribution in [0, 0.1) is 0 Å². The van der Waals surface area contributed by atoms with Crippen LogP contribution in [0.15, 0.2) is 48.8 Å². The van der Waals surface area contributed by atoms with Gasteiger partial charge in [-0.25, -0.2) is 9.97 Å². The van der Waals surface area contributed by atoms with Gasteiger partial charge in [0.05, 0.1) is 10.9 Å². The highest BCUT2D eigenvalue weighted by atomic mass is 16.5. The Bertz CT molecular complexity index is 781. The molecule has 106 valence electrons. The molecule has 21 heavy (non-hydrogen) atoms. The van der Waals surface area contributed by atoms with Gasteiger partial charge in [-0.2, -0.15) is 0 Å². The highest BCUT2D eigenvalue weighted by molar-refractivity contribution is 5.93. The predicted molar refractivity (Wildman–Crippen MR) is 84.8 cm³/mol. The molecule has 0 aliphatic rings. The number of hydrogen-bond donors (Lipinski definition) is 1. The molecule has 0 aliphatic carbocycles. The fourth-order valence-corrected chi connectivity index (χ4v) is 2.14. The second-order valence-corrected chi connectivity index (χ2v) is 4.90. The fourth-order valence-electron chi connectivity index (χ4n) is 2.14. The topological polar surface area (TPSA) is 64.3 Å². The molecule has 1 aromatic heterocycles. The first-order valence-electron chi connectivity index (χ1n) is 6.59. The molecule has 3 aromatic rings. The number of aromatic nitrogens is 2. The summed E-state index contributed by atoms with van der Waals surface area (Å²) in [4.78, 5) is 10.3. The third kappa shape index (κ3) is 2.58. The van der Waals surface area contributed by atoms with Gasteiger partial charge in [-0.05, 0) is 24.3 Å². The predicted octanol–water partition coefficient (Wildman–Crippen LogP) is 3.07. The Morgan fingerprint density at radius 3 is 2.67 bits per heavy atom. The summed E-state index contributed by atoms with van der Waals surface area (Å²) in [6, 6.07) is 13.5. The molecule has 0 saturated carbocycles. The van der Waals surface area contributed by atoms with Crippen molar-refractivity contribution in [2.75, 3.05) is 24.7 Å². The Labute approximate surface area is 123 Å².